The van der Waals surface area contributed by atoms with Gasteiger partial charge in [0.1, 0.15) is 6.61 Å². The smallest absolute Gasteiger partial charge is 0.381 e. The van der Waals surface area contributed by atoms with Gasteiger partial charge in [-0.25, -0.2) is 22.9 Å². The number of anilines is 1. The minimum Gasteiger partial charge on any atom is -0.381 e. The molecule has 160 valence electrons. The molecule has 0 amide bonds. The molecule has 1 aromatic heterocycles. The number of aromatic nitrogens is 2. The van der Waals surface area contributed by atoms with Crippen LogP contribution in [0.3, 0.4) is 0 Å². The molecule has 0 aliphatic carbocycles. The Morgan fingerprint density at radius 3 is 2.50 bits per heavy atom. The molecule has 1 fully saturated rings. The first-order valence-electron chi connectivity index (χ1n) is 6.77. The lowest BCUT2D eigenvalue weighted by molar-refractivity contribution is -0.0974. The molecular weight excluding hydrogens is 458 g/mol. The third-order valence-corrected chi connectivity index (χ3v) is 6.57. The van der Waals surface area contributed by atoms with E-state index in [-0.39, 0.29) is 6.61 Å². The summed E-state index contributed by atoms with van der Waals surface area (Å²) in [6.07, 6.45) is -1.92. The molecule has 1 aromatic rings. The first kappa shape index (κ1) is 23.2. The largest absolute Gasteiger partial charge is 0.490 e. The molecule has 0 saturated carbocycles. The van der Waals surface area contributed by atoms with Crippen molar-refractivity contribution in [2.75, 3.05) is 18.9 Å². The summed E-state index contributed by atoms with van der Waals surface area (Å²) in [6, 6.07) is 0. The van der Waals surface area contributed by atoms with Gasteiger partial charge in [0.2, 0.25) is 0 Å². The summed E-state index contributed by atoms with van der Waals surface area (Å²) in [6.45, 7) is -1.24. The number of phosphoric ester groups is 1. The SMILES string of the molecule is Nc1nc(=O)n([C@@H]2CO[C@H](COP(=O)(O)OP(=O)(O)OP(=O)(O)O)O2)cc1F. The zero-order valence-electron chi connectivity index (χ0n) is 13.3. The Bertz CT molecular complexity index is 932. The van der Waals surface area contributed by atoms with Crippen molar-refractivity contribution >= 4 is 29.3 Å². The normalized spacial score (nSPS) is 24.6. The predicted molar refractivity (Wildman–Crippen MR) is 82.5 cm³/mol. The zero-order valence-corrected chi connectivity index (χ0v) is 16.0. The van der Waals surface area contributed by atoms with Crippen molar-refractivity contribution in [2.24, 2.45) is 0 Å². The van der Waals surface area contributed by atoms with Crippen molar-refractivity contribution < 1.29 is 60.3 Å². The van der Waals surface area contributed by atoms with E-state index in [1.165, 1.54) is 0 Å². The van der Waals surface area contributed by atoms with Crippen LogP contribution in [0.2, 0.25) is 0 Å². The molecule has 2 rings (SSSR count). The van der Waals surface area contributed by atoms with Gasteiger partial charge in [-0.15, -0.1) is 0 Å². The van der Waals surface area contributed by atoms with Gasteiger partial charge in [0.25, 0.3) is 0 Å². The molecule has 28 heavy (non-hydrogen) atoms. The average Bonchev–Trinajstić information content (AvgIpc) is 2.94. The lowest BCUT2D eigenvalue weighted by Gasteiger charge is -2.18. The molecular formula is C8H13FN3O13P3. The van der Waals surface area contributed by atoms with Crippen LogP contribution >= 0.6 is 23.5 Å². The van der Waals surface area contributed by atoms with E-state index in [2.05, 4.69) is 18.1 Å². The topological polar surface area (TPSA) is 239 Å². The highest BCUT2D eigenvalue weighted by Gasteiger charge is 2.41. The van der Waals surface area contributed by atoms with Crippen molar-refractivity contribution in [1.29, 1.82) is 0 Å². The van der Waals surface area contributed by atoms with Crippen LogP contribution in [0.4, 0.5) is 10.2 Å². The van der Waals surface area contributed by atoms with Crippen LogP contribution in [0.15, 0.2) is 11.0 Å². The Morgan fingerprint density at radius 1 is 1.25 bits per heavy atom. The number of phosphoric acid groups is 3. The highest BCUT2D eigenvalue weighted by molar-refractivity contribution is 7.66. The summed E-state index contributed by atoms with van der Waals surface area (Å²) in [7, 11) is -16.6. The summed E-state index contributed by atoms with van der Waals surface area (Å²) in [5.41, 5.74) is 4.16. The van der Waals surface area contributed by atoms with E-state index >= 15 is 0 Å². The molecule has 0 radical (unpaired) electrons. The second kappa shape index (κ2) is 8.36. The van der Waals surface area contributed by atoms with Crippen molar-refractivity contribution in [3.63, 3.8) is 0 Å². The highest BCUT2D eigenvalue weighted by Crippen LogP contribution is 2.66. The van der Waals surface area contributed by atoms with Crippen molar-refractivity contribution in [3.05, 3.63) is 22.5 Å². The third kappa shape index (κ3) is 6.77. The summed E-state index contributed by atoms with van der Waals surface area (Å²) in [4.78, 5) is 50.0. The van der Waals surface area contributed by atoms with Gasteiger partial charge in [-0.2, -0.15) is 13.6 Å². The van der Waals surface area contributed by atoms with Crippen LogP contribution in [-0.2, 0) is 36.3 Å². The summed E-state index contributed by atoms with van der Waals surface area (Å²) >= 11 is 0. The number of nitrogen functional groups attached to an aromatic ring is 1. The van der Waals surface area contributed by atoms with E-state index in [1.54, 1.807) is 0 Å². The average molecular weight is 471 g/mol. The van der Waals surface area contributed by atoms with Gasteiger partial charge in [-0.05, 0) is 0 Å². The summed E-state index contributed by atoms with van der Waals surface area (Å²) in [5, 5.41) is 0. The predicted octanol–water partition coefficient (Wildman–Crippen LogP) is -0.821. The molecule has 0 aromatic carbocycles. The Kier molecular flexibility index (Phi) is 6.93. The Balaban J connectivity index is 1.95. The Labute approximate surface area is 154 Å². The molecule has 0 bridgehead atoms. The molecule has 6 N–H and O–H groups in total. The summed E-state index contributed by atoms with van der Waals surface area (Å²) < 4.78 is 68.8. The molecule has 20 heteroatoms. The maximum absolute atomic E-state index is 13.4. The minimum absolute atomic E-state index is 0.338. The monoisotopic (exact) mass is 471 g/mol. The lowest BCUT2D eigenvalue weighted by Crippen LogP contribution is -2.30. The number of hydrogen-bond acceptors (Lipinski definition) is 11. The number of nitrogens with zero attached hydrogens (tertiary/aromatic N) is 2. The number of rotatable bonds is 8. The highest BCUT2D eigenvalue weighted by atomic mass is 31.3. The second-order valence-electron chi connectivity index (χ2n) is 4.90. The summed E-state index contributed by atoms with van der Waals surface area (Å²) in [5.74, 6) is -1.65. The van der Waals surface area contributed by atoms with Crippen LogP contribution in [0.1, 0.15) is 6.23 Å². The van der Waals surface area contributed by atoms with Crippen LogP contribution < -0.4 is 11.4 Å². The molecule has 4 atom stereocenters. The standard InChI is InChI=1S/C8H13FN3O13P3/c9-4-1-12(8(13)11-7(4)10)5-2-21-6(23-5)3-22-27(17,18)25-28(19,20)24-26(14,15)16/h1,5-6H,2-3H2,(H,17,18)(H,19,20)(H2,10,11,13)(H2,14,15,16)/t5-,6-/m0/s1. The molecule has 0 spiro atoms. The number of halogens is 1. The van der Waals surface area contributed by atoms with Crippen LogP contribution in [0.5, 0.6) is 0 Å². The van der Waals surface area contributed by atoms with Gasteiger partial charge in [-0.1, -0.05) is 0 Å². The van der Waals surface area contributed by atoms with E-state index in [1.807, 2.05) is 0 Å². The molecule has 1 aliphatic rings. The lowest BCUT2D eigenvalue weighted by atomic mass is 10.5. The Morgan fingerprint density at radius 2 is 1.89 bits per heavy atom. The van der Waals surface area contributed by atoms with E-state index in [0.29, 0.717) is 10.8 Å². The Hall–Kier alpha value is -1.06. The van der Waals surface area contributed by atoms with Gasteiger partial charge >= 0.3 is 29.2 Å². The van der Waals surface area contributed by atoms with Crippen molar-refractivity contribution in [2.45, 2.75) is 12.5 Å². The number of nitrogens with two attached hydrogens (primary N) is 1. The fourth-order valence-electron chi connectivity index (χ4n) is 1.80. The minimum atomic E-state index is -5.66. The second-order valence-corrected chi connectivity index (χ2v) is 9.32. The van der Waals surface area contributed by atoms with Gasteiger partial charge in [0.05, 0.1) is 12.8 Å². The van der Waals surface area contributed by atoms with Crippen LogP contribution in [0.25, 0.3) is 0 Å². The van der Waals surface area contributed by atoms with Gasteiger partial charge in [0.15, 0.2) is 24.2 Å². The fraction of sp³-hybridized carbons (Fsp3) is 0.500. The maximum atomic E-state index is 13.4. The van der Waals surface area contributed by atoms with Gasteiger partial charge in [-0.3, -0.25) is 9.09 Å². The first-order chi connectivity index (χ1) is 12.7. The van der Waals surface area contributed by atoms with Gasteiger partial charge < -0.3 is 34.8 Å². The number of hydrogen-bond donors (Lipinski definition) is 5. The fourth-order valence-corrected chi connectivity index (χ4v) is 4.80. The molecule has 2 heterocycles. The molecule has 2 unspecified atom stereocenters. The van der Waals surface area contributed by atoms with Crippen molar-refractivity contribution in [1.82, 2.24) is 9.55 Å². The molecule has 16 nitrogen and oxygen atoms in total. The van der Waals surface area contributed by atoms with E-state index in [9.17, 15) is 27.8 Å². The van der Waals surface area contributed by atoms with E-state index in [0.717, 1.165) is 0 Å². The zero-order chi connectivity index (χ0) is 21.3. The van der Waals surface area contributed by atoms with Crippen molar-refractivity contribution in [3.8, 4) is 0 Å². The molecule has 1 aliphatic heterocycles. The van der Waals surface area contributed by atoms with Crippen LogP contribution in [-0.4, -0.2) is 48.6 Å². The third-order valence-electron chi connectivity index (χ3n) is 2.77. The maximum Gasteiger partial charge on any atom is 0.490 e. The van der Waals surface area contributed by atoms with E-state index in [4.69, 9.17) is 29.9 Å². The van der Waals surface area contributed by atoms with E-state index < -0.39 is 59.9 Å². The van der Waals surface area contributed by atoms with Gasteiger partial charge in [0, 0.05) is 0 Å². The number of ether oxygens (including phenoxy) is 2. The molecule has 1 saturated heterocycles. The van der Waals surface area contributed by atoms with Crippen LogP contribution in [0, 0.1) is 5.82 Å². The quantitative estimate of drug-likeness (QED) is 0.291. The first-order valence-corrected chi connectivity index (χ1v) is 11.3.